The predicted molar refractivity (Wildman–Crippen MR) is 245 cm³/mol. The van der Waals surface area contributed by atoms with Crippen LogP contribution in [0.3, 0.4) is 0 Å². The third-order valence-electron chi connectivity index (χ3n) is 11.5. The Morgan fingerprint density at radius 3 is 1.62 bits per heavy atom. The van der Waals surface area contributed by atoms with Crippen LogP contribution in [0.2, 0.25) is 0 Å². The second-order valence-corrected chi connectivity index (χ2v) is 14.8. The van der Waals surface area contributed by atoms with Gasteiger partial charge in [0, 0.05) is 27.6 Å². The van der Waals surface area contributed by atoms with Crippen LogP contribution >= 0.6 is 0 Å². The molecule has 0 radical (unpaired) electrons. The highest BCUT2D eigenvalue weighted by Crippen LogP contribution is 2.48. The Balaban J connectivity index is 1.16. The van der Waals surface area contributed by atoms with Crippen molar-refractivity contribution in [2.24, 2.45) is 0 Å². The SMILES string of the molecule is c1ccc(-c2ccccc2N(c2ccc(-c3cccc4oc5ccccc5c34)cc2)c2cc(-c3cc4ccccc4c4ccccc34)ccc2-c2ccccc2)cc1. The molecule has 0 saturated carbocycles. The fourth-order valence-electron chi connectivity index (χ4n) is 8.78. The van der Waals surface area contributed by atoms with Crippen LogP contribution in [0, 0.1) is 0 Å². The van der Waals surface area contributed by atoms with Crippen molar-refractivity contribution in [2.45, 2.75) is 0 Å². The molecule has 0 bridgehead atoms. The summed E-state index contributed by atoms with van der Waals surface area (Å²) in [5.74, 6) is 0. The monoisotopic (exact) mass is 739 g/mol. The largest absolute Gasteiger partial charge is 0.456 e. The van der Waals surface area contributed by atoms with E-state index in [1.807, 2.05) is 12.1 Å². The van der Waals surface area contributed by atoms with Crippen LogP contribution in [-0.4, -0.2) is 0 Å². The maximum absolute atomic E-state index is 6.29. The second kappa shape index (κ2) is 14.1. The van der Waals surface area contributed by atoms with Gasteiger partial charge in [0.05, 0.1) is 11.4 Å². The molecule has 2 nitrogen and oxygen atoms in total. The zero-order chi connectivity index (χ0) is 38.4. The van der Waals surface area contributed by atoms with E-state index in [-0.39, 0.29) is 0 Å². The summed E-state index contributed by atoms with van der Waals surface area (Å²) < 4.78 is 6.29. The average molecular weight is 740 g/mol. The number of benzene rings is 10. The van der Waals surface area contributed by atoms with Gasteiger partial charge in [-0.1, -0.05) is 182 Å². The third kappa shape index (κ3) is 5.74. The lowest BCUT2D eigenvalue weighted by molar-refractivity contribution is 0.669. The molecule has 11 rings (SSSR count). The van der Waals surface area contributed by atoms with Crippen molar-refractivity contribution in [3.8, 4) is 44.5 Å². The molecule has 0 saturated heterocycles. The molecule has 0 atom stereocenters. The number of rotatable bonds is 7. The van der Waals surface area contributed by atoms with E-state index in [0.29, 0.717) is 0 Å². The molecule has 1 heterocycles. The predicted octanol–water partition coefficient (Wildman–Crippen LogP) is 16.0. The molecule has 0 aliphatic rings. The summed E-state index contributed by atoms with van der Waals surface area (Å²) in [5.41, 5.74) is 14.3. The van der Waals surface area contributed by atoms with E-state index in [4.69, 9.17) is 4.42 Å². The standard InChI is InChI=1S/C56H37NO/c1-3-16-38(17-4-1)45-22-11-13-27-52(45)57(43-33-30-40(31-34-43)47-26-15-29-55-56(47)50-25-12-14-28-54(50)58-55)53-37-42(32-35-46(53)39-18-5-2-6-19-39)51-36-41-20-7-8-21-44(41)48-23-9-10-24-49(48)51/h1-37H. The van der Waals surface area contributed by atoms with Crippen LogP contribution in [-0.2, 0) is 0 Å². The van der Waals surface area contributed by atoms with E-state index in [1.165, 1.54) is 27.1 Å². The smallest absolute Gasteiger partial charge is 0.136 e. The van der Waals surface area contributed by atoms with E-state index in [1.54, 1.807) is 0 Å². The van der Waals surface area contributed by atoms with Crippen molar-refractivity contribution in [1.29, 1.82) is 0 Å². The van der Waals surface area contributed by atoms with Gasteiger partial charge < -0.3 is 9.32 Å². The van der Waals surface area contributed by atoms with Gasteiger partial charge in [-0.15, -0.1) is 0 Å². The van der Waals surface area contributed by atoms with Gasteiger partial charge >= 0.3 is 0 Å². The van der Waals surface area contributed by atoms with Gasteiger partial charge in [0.15, 0.2) is 0 Å². The molecular formula is C56H37NO. The Labute approximate surface area is 337 Å². The van der Waals surface area contributed by atoms with Crippen LogP contribution in [0.25, 0.3) is 88.0 Å². The molecule has 0 unspecified atom stereocenters. The molecule has 0 spiro atoms. The first-order chi connectivity index (χ1) is 28.8. The number of hydrogen-bond donors (Lipinski definition) is 0. The lowest BCUT2D eigenvalue weighted by atomic mass is 9.91. The molecule has 1 aromatic heterocycles. The van der Waals surface area contributed by atoms with Gasteiger partial charge in [-0.25, -0.2) is 0 Å². The lowest BCUT2D eigenvalue weighted by Gasteiger charge is -2.30. The number of hydrogen-bond acceptors (Lipinski definition) is 2. The molecule has 2 heteroatoms. The van der Waals surface area contributed by atoms with E-state index in [9.17, 15) is 0 Å². The average Bonchev–Trinajstić information content (AvgIpc) is 3.69. The molecule has 0 fully saturated rings. The molecule has 0 N–H and O–H groups in total. The number of furan rings is 1. The maximum Gasteiger partial charge on any atom is 0.136 e. The number of para-hydroxylation sites is 2. The molecule has 0 aliphatic carbocycles. The zero-order valence-electron chi connectivity index (χ0n) is 31.7. The first kappa shape index (κ1) is 33.6. The quantitative estimate of drug-likeness (QED) is 0.151. The zero-order valence-corrected chi connectivity index (χ0v) is 31.7. The topological polar surface area (TPSA) is 16.4 Å². The first-order valence-corrected chi connectivity index (χ1v) is 19.8. The van der Waals surface area contributed by atoms with Crippen molar-refractivity contribution in [3.05, 3.63) is 224 Å². The summed E-state index contributed by atoms with van der Waals surface area (Å²) >= 11 is 0. The molecule has 58 heavy (non-hydrogen) atoms. The fourth-order valence-corrected chi connectivity index (χ4v) is 8.78. The highest BCUT2D eigenvalue weighted by Gasteiger charge is 2.23. The van der Waals surface area contributed by atoms with Crippen molar-refractivity contribution in [1.82, 2.24) is 0 Å². The summed E-state index contributed by atoms with van der Waals surface area (Å²) in [4.78, 5) is 2.45. The van der Waals surface area contributed by atoms with Crippen LogP contribution in [0.5, 0.6) is 0 Å². The van der Waals surface area contributed by atoms with Gasteiger partial charge in [-0.2, -0.15) is 0 Å². The van der Waals surface area contributed by atoms with Crippen LogP contribution < -0.4 is 4.90 Å². The van der Waals surface area contributed by atoms with Gasteiger partial charge in [0.1, 0.15) is 11.2 Å². The molecule has 272 valence electrons. The van der Waals surface area contributed by atoms with Gasteiger partial charge in [-0.3, -0.25) is 0 Å². The van der Waals surface area contributed by atoms with E-state index < -0.39 is 0 Å². The summed E-state index contributed by atoms with van der Waals surface area (Å²) in [5, 5.41) is 7.25. The molecular weight excluding hydrogens is 703 g/mol. The number of nitrogens with zero attached hydrogens (tertiary/aromatic N) is 1. The molecule has 11 aromatic rings. The summed E-state index contributed by atoms with van der Waals surface area (Å²) in [6.07, 6.45) is 0. The minimum absolute atomic E-state index is 0.895. The Morgan fingerprint density at radius 1 is 0.293 bits per heavy atom. The highest BCUT2D eigenvalue weighted by molar-refractivity contribution is 6.15. The van der Waals surface area contributed by atoms with E-state index in [0.717, 1.165) is 77.9 Å². The van der Waals surface area contributed by atoms with Crippen molar-refractivity contribution in [2.75, 3.05) is 4.90 Å². The first-order valence-electron chi connectivity index (χ1n) is 19.8. The summed E-state index contributed by atoms with van der Waals surface area (Å²) in [6.45, 7) is 0. The minimum atomic E-state index is 0.895. The highest BCUT2D eigenvalue weighted by atomic mass is 16.3. The Hall–Kier alpha value is -7.68. The van der Waals surface area contributed by atoms with Crippen molar-refractivity contribution >= 4 is 60.5 Å². The Morgan fingerprint density at radius 2 is 0.845 bits per heavy atom. The third-order valence-corrected chi connectivity index (χ3v) is 11.5. The van der Waals surface area contributed by atoms with Gasteiger partial charge in [-0.05, 0) is 97.4 Å². The summed E-state index contributed by atoms with van der Waals surface area (Å²) in [7, 11) is 0. The van der Waals surface area contributed by atoms with Gasteiger partial charge in [0.2, 0.25) is 0 Å². The normalized spacial score (nSPS) is 11.4. The Kier molecular flexibility index (Phi) is 8.19. The molecule has 0 aliphatic heterocycles. The van der Waals surface area contributed by atoms with Gasteiger partial charge in [0.25, 0.3) is 0 Å². The second-order valence-electron chi connectivity index (χ2n) is 14.8. The van der Waals surface area contributed by atoms with Crippen molar-refractivity contribution < 1.29 is 4.42 Å². The molecule has 0 amide bonds. The van der Waals surface area contributed by atoms with E-state index >= 15 is 0 Å². The summed E-state index contributed by atoms with van der Waals surface area (Å²) in [6, 6.07) is 80.8. The number of anilines is 3. The maximum atomic E-state index is 6.29. The van der Waals surface area contributed by atoms with E-state index in [2.05, 4.69) is 217 Å². The fraction of sp³-hybridized carbons (Fsp3) is 0. The van der Waals surface area contributed by atoms with Crippen LogP contribution in [0.15, 0.2) is 229 Å². The van der Waals surface area contributed by atoms with Crippen molar-refractivity contribution in [3.63, 3.8) is 0 Å². The minimum Gasteiger partial charge on any atom is -0.456 e. The number of fused-ring (bicyclic) bond motifs is 6. The Bertz CT molecular complexity index is 3270. The van der Waals surface area contributed by atoms with Crippen LogP contribution in [0.1, 0.15) is 0 Å². The molecule has 10 aromatic carbocycles. The lowest BCUT2D eigenvalue weighted by Crippen LogP contribution is -2.12. The van der Waals surface area contributed by atoms with Crippen LogP contribution in [0.4, 0.5) is 17.1 Å².